The number of aromatic nitrogens is 1. The van der Waals surface area contributed by atoms with E-state index in [0.717, 1.165) is 31.6 Å². The van der Waals surface area contributed by atoms with Crippen molar-refractivity contribution in [1.29, 1.82) is 0 Å². The summed E-state index contributed by atoms with van der Waals surface area (Å²) < 4.78 is 0. The van der Waals surface area contributed by atoms with E-state index in [2.05, 4.69) is 23.7 Å². The van der Waals surface area contributed by atoms with E-state index in [-0.39, 0.29) is 10.5 Å². The van der Waals surface area contributed by atoms with Crippen LogP contribution in [0.15, 0.2) is 18.3 Å². The van der Waals surface area contributed by atoms with Gasteiger partial charge in [0, 0.05) is 36.4 Å². The Morgan fingerprint density at radius 1 is 1.39 bits per heavy atom. The molecule has 1 N–H and O–H groups in total. The van der Waals surface area contributed by atoms with Crippen molar-refractivity contribution in [2.75, 3.05) is 18.0 Å². The summed E-state index contributed by atoms with van der Waals surface area (Å²) in [7, 11) is 0. The maximum atomic E-state index is 11.0. The fourth-order valence-electron chi connectivity index (χ4n) is 3.00. The van der Waals surface area contributed by atoms with Gasteiger partial charge in [0.15, 0.2) is 0 Å². The molecule has 0 unspecified atom stereocenters. The van der Waals surface area contributed by atoms with Gasteiger partial charge in [0.1, 0.15) is 5.52 Å². The van der Waals surface area contributed by atoms with E-state index < -0.39 is 16.4 Å². The van der Waals surface area contributed by atoms with Crippen LogP contribution in [0.4, 0.5) is 11.4 Å². The highest BCUT2D eigenvalue weighted by molar-refractivity contribution is 6.37. The van der Waals surface area contributed by atoms with E-state index >= 15 is 0 Å². The van der Waals surface area contributed by atoms with Gasteiger partial charge in [-0.05, 0) is 24.3 Å². The molecule has 0 atom stereocenters. The third kappa shape index (κ3) is 2.79. The van der Waals surface area contributed by atoms with E-state index in [0.29, 0.717) is 10.8 Å². The van der Waals surface area contributed by atoms with E-state index in [1.807, 2.05) is 6.07 Å². The highest BCUT2D eigenvalue weighted by Crippen LogP contribution is 2.43. The molecule has 6 nitrogen and oxygen atoms in total. The Morgan fingerprint density at radius 2 is 2.04 bits per heavy atom. The summed E-state index contributed by atoms with van der Waals surface area (Å²) in [4.78, 5) is 16.7. The fraction of sp³-hybridized carbons (Fsp3) is 0.438. The zero-order valence-corrected chi connectivity index (χ0v) is 13.8. The van der Waals surface area contributed by atoms with Gasteiger partial charge in [-0.25, -0.2) is 0 Å². The largest absolute Gasteiger partial charge is 0.501 e. The van der Waals surface area contributed by atoms with Gasteiger partial charge in [0.05, 0.1) is 9.95 Å². The number of hydrogen-bond donors (Lipinski definition) is 1. The Balaban J connectivity index is 2.13. The Labute approximate surface area is 138 Å². The minimum absolute atomic E-state index is 0.173. The quantitative estimate of drug-likeness (QED) is 0.659. The number of pyridine rings is 1. The molecule has 0 aliphatic carbocycles. The molecule has 122 valence electrons. The number of nitrogens with zero attached hydrogens (tertiary/aromatic N) is 3. The third-order valence-corrected chi connectivity index (χ3v) is 4.85. The molecule has 1 fully saturated rings. The van der Waals surface area contributed by atoms with Crippen LogP contribution in [0.5, 0.6) is 5.75 Å². The number of phenolic OH excluding ortho intramolecular Hbond substituents is 1. The first-order chi connectivity index (χ1) is 10.8. The predicted molar refractivity (Wildman–Crippen MR) is 90.3 cm³/mol. The van der Waals surface area contributed by atoms with Gasteiger partial charge in [0.2, 0.25) is 5.75 Å². The van der Waals surface area contributed by atoms with Crippen LogP contribution < -0.4 is 4.90 Å². The standard InChI is InChI=1S/C16H18ClN3O3/c1-16(2)4-7-19(8-5-16)11-3-6-18-14-13(11)10(17)9-12(15(14)21)20(22)23/h3,6,9,21H,4-5,7-8H2,1-2H3. The van der Waals surface area contributed by atoms with Crippen molar-refractivity contribution < 1.29 is 10.0 Å². The van der Waals surface area contributed by atoms with Crippen LogP contribution in [-0.2, 0) is 0 Å². The molecule has 0 bridgehead atoms. The summed E-state index contributed by atoms with van der Waals surface area (Å²) in [6.45, 7) is 6.24. The van der Waals surface area contributed by atoms with Crippen molar-refractivity contribution in [2.24, 2.45) is 5.41 Å². The normalized spacial score (nSPS) is 17.4. The molecule has 0 amide bonds. The molecule has 1 aromatic carbocycles. The Morgan fingerprint density at radius 3 is 2.65 bits per heavy atom. The minimum Gasteiger partial charge on any atom is -0.501 e. The number of nitro groups is 1. The topological polar surface area (TPSA) is 79.5 Å². The van der Waals surface area contributed by atoms with Crippen LogP contribution in [0.1, 0.15) is 26.7 Å². The van der Waals surface area contributed by atoms with Gasteiger partial charge in [-0.3, -0.25) is 15.1 Å². The van der Waals surface area contributed by atoms with Crippen LogP contribution in [0, 0.1) is 15.5 Å². The lowest BCUT2D eigenvalue weighted by Crippen LogP contribution is -2.37. The Kier molecular flexibility index (Phi) is 3.80. The van der Waals surface area contributed by atoms with Crippen molar-refractivity contribution in [2.45, 2.75) is 26.7 Å². The molecule has 0 radical (unpaired) electrons. The average Bonchev–Trinajstić information content (AvgIpc) is 2.50. The summed E-state index contributed by atoms with van der Waals surface area (Å²) in [5, 5.41) is 22.0. The summed E-state index contributed by atoms with van der Waals surface area (Å²) in [5.74, 6) is -0.436. The third-order valence-electron chi connectivity index (χ3n) is 4.55. The van der Waals surface area contributed by atoms with Gasteiger partial charge in [0.25, 0.3) is 0 Å². The lowest BCUT2D eigenvalue weighted by Gasteiger charge is -2.38. The van der Waals surface area contributed by atoms with Crippen LogP contribution in [0.2, 0.25) is 5.02 Å². The summed E-state index contributed by atoms with van der Waals surface area (Å²) >= 11 is 6.28. The number of benzene rings is 1. The molecule has 2 aromatic rings. The average molecular weight is 336 g/mol. The first kappa shape index (κ1) is 15.8. The zero-order chi connectivity index (χ0) is 16.8. The number of rotatable bonds is 2. The van der Waals surface area contributed by atoms with Crippen molar-refractivity contribution in [3.63, 3.8) is 0 Å². The van der Waals surface area contributed by atoms with E-state index in [4.69, 9.17) is 11.6 Å². The number of anilines is 1. The van der Waals surface area contributed by atoms with Gasteiger partial charge in [-0.15, -0.1) is 0 Å². The Bertz CT molecular complexity index is 782. The summed E-state index contributed by atoms with van der Waals surface area (Å²) in [5.41, 5.74) is 0.920. The molecule has 1 aliphatic heterocycles. The maximum Gasteiger partial charge on any atom is 0.314 e. The SMILES string of the molecule is CC1(C)CCN(c2ccnc3c(O)c([N+](=O)[O-])cc(Cl)c23)CC1. The smallest absolute Gasteiger partial charge is 0.314 e. The molecule has 0 saturated carbocycles. The number of aromatic hydroxyl groups is 1. The lowest BCUT2D eigenvalue weighted by molar-refractivity contribution is -0.385. The molecule has 0 spiro atoms. The van der Waals surface area contributed by atoms with Crippen LogP contribution >= 0.6 is 11.6 Å². The molecule has 1 saturated heterocycles. The number of fused-ring (bicyclic) bond motifs is 1. The van der Waals surface area contributed by atoms with Crippen molar-refractivity contribution >= 4 is 33.9 Å². The molecule has 3 rings (SSSR count). The van der Waals surface area contributed by atoms with Crippen LogP contribution in [0.3, 0.4) is 0 Å². The highest BCUT2D eigenvalue weighted by atomic mass is 35.5. The van der Waals surface area contributed by atoms with E-state index in [9.17, 15) is 15.2 Å². The first-order valence-corrected chi connectivity index (χ1v) is 7.87. The minimum atomic E-state index is -0.654. The molecular formula is C16H18ClN3O3. The second-order valence-corrected chi connectivity index (χ2v) is 7.10. The summed E-state index contributed by atoms with van der Waals surface area (Å²) in [6, 6.07) is 3.04. The van der Waals surface area contributed by atoms with Gasteiger partial charge < -0.3 is 10.0 Å². The zero-order valence-electron chi connectivity index (χ0n) is 13.0. The first-order valence-electron chi connectivity index (χ1n) is 7.50. The number of piperidine rings is 1. The number of halogens is 1. The Hall–Kier alpha value is -2.08. The van der Waals surface area contributed by atoms with E-state index in [1.54, 1.807) is 6.20 Å². The van der Waals surface area contributed by atoms with Crippen molar-refractivity contribution in [1.82, 2.24) is 4.98 Å². The van der Waals surface area contributed by atoms with Crippen LogP contribution in [0.25, 0.3) is 10.9 Å². The maximum absolute atomic E-state index is 11.0. The molecular weight excluding hydrogens is 318 g/mol. The second kappa shape index (κ2) is 5.53. The van der Waals surface area contributed by atoms with E-state index in [1.165, 1.54) is 6.07 Å². The van der Waals surface area contributed by atoms with Crippen molar-refractivity contribution in [3.8, 4) is 5.75 Å². The van der Waals surface area contributed by atoms with Crippen molar-refractivity contribution in [3.05, 3.63) is 33.5 Å². The number of nitro benzene ring substituents is 1. The van der Waals surface area contributed by atoms with Gasteiger partial charge in [-0.1, -0.05) is 25.4 Å². The molecule has 1 aliphatic rings. The molecule has 7 heteroatoms. The monoisotopic (exact) mass is 335 g/mol. The fourth-order valence-corrected chi connectivity index (χ4v) is 3.29. The van der Waals surface area contributed by atoms with Gasteiger partial charge in [-0.2, -0.15) is 0 Å². The molecule has 2 heterocycles. The molecule has 23 heavy (non-hydrogen) atoms. The molecule has 1 aromatic heterocycles. The number of phenols is 1. The van der Waals surface area contributed by atoms with Gasteiger partial charge >= 0.3 is 5.69 Å². The predicted octanol–water partition coefficient (Wildman–Crippen LogP) is 4.13. The lowest BCUT2D eigenvalue weighted by atomic mass is 9.82. The number of hydrogen-bond acceptors (Lipinski definition) is 5. The highest BCUT2D eigenvalue weighted by Gasteiger charge is 2.28. The summed E-state index contributed by atoms with van der Waals surface area (Å²) in [6.07, 6.45) is 3.65. The van der Waals surface area contributed by atoms with Crippen LogP contribution in [-0.4, -0.2) is 28.1 Å². The second-order valence-electron chi connectivity index (χ2n) is 6.69.